The minimum atomic E-state index is -0.299. The minimum absolute atomic E-state index is 0.139. The average molecular weight is 215 g/mol. The van der Waals surface area contributed by atoms with Crippen LogP contribution in [0.25, 0.3) is 11.0 Å². The van der Waals surface area contributed by atoms with Gasteiger partial charge in [0.15, 0.2) is 5.78 Å². The molecule has 0 atom stereocenters. The van der Waals surface area contributed by atoms with Gasteiger partial charge in [0.2, 0.25) is 0 Å². The fourth-order valence-electron chi connectivity index (χ4n) is 2.11. The van der Waals surface area contributed by atoms with Crippen LogP contribution in [0.3, 0.4) is 0 Å². The molecule has 1 aromatic heterocycles. The highest BCUT2D eigenvalue weighted by molar-refractivity contribution is 6.11. The second-order valence-electron chi connectivity index (χ2n) is 4.46. The lowest BCUT2D eigenvalue weighted by Crippen LogP contribution is -2.25. The normalized spacial score (nSPS) is 17.6. The van der Waals surface area contributed by atoms with Crippen LogP contribution in [0.1, 0.15) is 23.2 Å². The van der Waals surface area contributed by atoms with Crippen LogP contribution in [0.15, 0.2) is 34.9 Å². The molecule has 3 rings (SSSR count). The number of carbonyl (C=O) groups is 1. The zero-order valence-corrected chi connectivity index (χ0v) is 8.90. The molecule has 0 amide bonds. The summed E-state index contributed by atoms with van der Waals surface area (Å²) in [6.07, 6.45) is 3.37. The summed E-state index contributed by atoms with van der Waals surface area (Å²) in [5, 5.41) is 0.896. The standard InChI is InChI=1S/C13H13NO2/c14-8-13(5-6-13)12(15)10-7-16-11-4-2-1-3-9(10)11/h1-4,7H,5-6,8,14H2. The molecule has 1 aliphatic rings. The van der Waals surface area contributed by atoms with Crippen LogP contribution in [-0.4, -0.2) is 12.3 Å². The molecule has 1 aliphatic carbocycles. The summed E-state index contributed by atoms with van der Waals surface area (Å²) in [5.74, 6) is 0.139. The van der Waals surface area contributed by atoms with Gasteiger partial charge in [-0.2, -0.15) is 0 Å². The van der Waals surface area contributed by atoms with Crippen molar-refractivity contribution in [1.82, 2.24) is 0 Å². The highest BCUT2D eigenvalue weighted by Crippen LogP contribution is 2.48. The Labute approximate surface area is 93.2 Å². The summed E-state index contributed by atoms with van der Waals surface area (Å²) >= 11 is 0. The van der Waals surface area contributed by atoms with Crippen LogP contribution in [-0.2, 0) is 0 Å². The number of fused-ring (bicyclic) bond motifs is 1. The third-order valence-corrected chi connectivity index (χ3v) is 3.45. The fourth-order valence-corrected chi connectivity index (χ4v) is 2.11. The first-order chi connectivity index (χ1) is 7.77. The van der Waals surface area contributed by atoms with Crippen LogP contribution in [0.4, 0.5) is 0 Å². The molecule has 82 valence electrons. The van der Waals surface area contributed by atoms with Crippen LogP contribution >= 0.6 is 0 Å². The maximum absolute atomic E-state index is 12.3. The van der Waals surface area contributed by atoms with Crippen LogP contribution in [0.5, 0.6) is 0 Å². The van der Waals surface area contributed by atoms with E-state index in [9.17, 15) is 4.79 Å². The number of ketones is 1. The SMILES string of the molecule is NCC1(C(=O)c2coc3ccccc23)CC1. The lowest BCUT2D eigenvalue weighted by molar-refractivity contribution is 0.0906. The molecule has 0 radical (unpaired) electrons. The van der Waals surface area contributed by atoms with Gasteiger partial charge in [-0.05, 0) is 18.9 Å². The number of para-hydroxylation sites is 1. The number of furan rings is 1. The number of hydrogen-bond acceptors (Lipinski definition) is 3. The molecular formula is C13H13NO2. The van der Waals surface area contributed by atoms with Crippen molar-refractivity contribution in [3.05, 3.63) is 36.1 Å². The van der Waals surface area contributed by atoms with Crippen molar-refractivity contribution in [2.45, 2.75) is 12.8 Å². The van der Waals surface area contributed by atoms with E-state index in [0.717, 1.165) is 23.8 Å². The molecule has 0 bridgehead atoms. The maximum atomic E-state index is 12.3. The Bertz CT molecular complexity index is 552. The molecular weight excluding hydrogens is 202 g/mol. The van der Waals surface area contributed by atoms with Crippen molar-refractivity contribution >= 4 is 16.8 Å². The summed E-state index contributed by atoms with van der Waals surface area (Å²) in [5.41, 5.74) is 6.81. The number of carbonyl (C=O) groups excluding carboxylic acids is 1. The first kappa shape index (κ1) is 9.60. The van der Waals surface area contributed by atoms with Gasteiger partial charge in [-0.3, -0.25) is 4.79 Å². The molecule has 1 saturated carbocycles. The largest absolute Gasteiger partial charge is 0.464 e. The van der Waals surface area contributed by atoms with E-state index in [1.807, 2.05) is 24.3 Å². The molecule has 0 aliphatic heterocycles. The van der Waals surface area contributed by atoms with Crippen molar-refractivity contribution in [2.24, 2.45) is 11.1 Å². The summed E-state index contributed by atoms with van der Waals surface area (Å²) in [6.45, 7) is 0.436. The van der Waals surface area contributed by atoms with Crippen molar-refractivity contribution in [3.8, 4) is 0 Å². The Kier molecular flexibility index (Phi) is 1.91. The fraction of sp³-hybridized carbons (Fsp3) is 0.308. The highest BCUT2D eigenvalue weighted by Gasteiger charge is 2.49. The van der Waals surface area contributed by atoms with E-state index in [-0.39, 0.29) is 11.2 Å². The molecule has 3 heteroatoms. The van der Waals surface area contributed by atoms with Crippen molar-refractivity contribution in [1.29, 1.82) is 0 Å². The van der Waals surface area contributed by atoms with Gasteiger partial charge in [-0.15, -0.1) is 0 Å². The molecule has 3 nitrogen and oxygen atoms in total. The highest BCUT2D eigenvalue weighted by atomic mass is 16.3. The van der Waals surface area contributed by atoms with Crippen LogP contribution in [0, 0.1) is 5.41 Å². The first-order valence-electron chi connectivity index (χ1n) is 5.48. The predicted octanol–water partition coefficient (Wildman–Crippen LogP) is 2.35. The monoisotopic (exact) mass is 215 g/mol. The molecule has 1 heterocycles. The number of benzene rings is 1. The average Bonchev–Trinajstić information content (AvgIpc) is 3.02. The van der Waals surface area contributed by atoms with Crippen molar-refractivity contribution < 1.29 is 9.21 Å². The van der Waals surface area contributed by atoms with E-state index in [1.54, 1.807) is 6.26 Å². The quantitative estimate of drug-likeness (QED) is 0.799. The van der Waals surface area contributed by atoms with Crippen molar-refractivity contribution in [3.63, 3.8) is 0 Å². The smallest absolute Gasteiger partial charge is 0.174 e. The van der Waals surface area contributed by atoms with Gasteiger partial charge in [0.05, 0.1) is 5.56 Å². The van der Waals surface area contributed by atoms with E-state index >= 15 is 0 Å². The van der Waals surface area contributed by atoms with Gasteiger partial charge in [0.25, 0.3) is 0 Å². The Hall–Kier alpha value is -1.61. The maximum Gasteiger partial charge on any atom is 0.174 e. The van der Waals surface area contributed by atoms with E-state index in [4.69, 9.17) is 10.2 Å². The van der Waals surface area contributed by atoms with Gasteiger partial charge in [0.1, 0.15) is 11.8 Å². The molecule has 0 spiro atoms. The van der Waals surface area contributed by atoms with E-state index in [1.165, 1.54) is 0 Å². The molecule has 2 aromatic rings. The Balaban J connectivity index is 2.10. The van der Waals surface area contributed by atoms with Crippen LogP contribution in [0.2, 0.25) is 0 Å². The van der Waals surface area contributed by atoms with E-state index in [0.29, 0.717) is 12.1 Å². The van der Waals surface area contributed by atoms with Gasteiger partial charge in [0, 0.05) is 17.3 Å². The summed E-state index contributed by atoms with van der Waals surface area (Å²) in [6, 6.07) is 7.60. The number of rotatable bonds is 3. The minimum Gasteiger partial charge on any atom is -0.464 e. The second kappa shape index (κ2) is 3.19. The Morgan fingerprint density at radius 1 is 1.38 bits per heavy atom. The molecule has 0 unspecified atom stereocenters. The van der Waals surface area contributed by atoms with Gasteiger partial charge >= 0.3 is 0 Å². The molecule has 0 saturated heterocycles. The summed E-state index contributed by atoms with van der Waals surface area (Å²) in [7, 11) is 0. The topological polar surface area (TPSA) is 56.2 Å². The Morgan fingerprint density at radius 3 is 2.81 bits per heavy atom. The molecule has 16 heavy (non-hydrogen) atoms. The number of nitrogens with two attached hydrogens (primary N) is 1. The predicted molar refractivity (Wildman–Crippen MR) is 61.3 cm³/mol. The van der Waals surface area contributed by atoms with Gasteiger partial charge in [-0.25, -0.2) is 0 Å². The first-order valence-corrected chi connectivity index (χ1v) is 5.48. The van der Waals surface area contributed by atoms with E-state index in [2.05, 4.69) is 0 Å². The third-order valence-electron chi connectivity index (χ3n) is 3.45. The second-order valence-corrected chi connectivity index (χ2v) is 4.46. The Morgan fingerprint density at radius 2 is 2.12 bits per heavy atom. The third kappa shape index (κ3) is 1.21. The molecule has 1 fully saturated rings. The van der Waals surface area contributed by atoms with Crippen LogP contribution < -0.4 is 5.73 Å². The number of hydrogen-bond donors (Lipinski definition) is 1. The zero-order chi connectivity index (χ0) is 11.2. The van der Waals surface area contributed by atoms with Gasteiger partial charge < -0.3 is 10.2 Å². The number of Topliss-reactive ketones (excluding diaryl/α,β-unsaturated/α-hetero) is 1. The van der Waals surface area contributed by atoms with E-state index < -0.39 is 0 Å². The molecule has 1 aromatic carbocycles. The lowest BCUT2D eigenvalue weighted by atomic mass is 9.94. The zero-order valence-electron chi connectivity index (χ0n) is 8.90. The van der Waals surface area contributed by atoms with Gasteiger partial charge in [-0.1, -0.05) is 18.2 Å². The van der Waals surface area contributed by atoms with Crippen molar-refractivity contribution in [2.75, 3.05) is 6.54 Å². The molecule has 2 N–H and O–H groups in total. The summed E-state index contributed by atoms with van der Waals surface area (Å²) < 4.78 is 5.38. The lowest BCUT2D eigenvalue weighted by Gasteiger charge is -2.08. The summed E-state index contributed by atoms with van der Waals surface area (Å²) in [4.78, 5) is 12.3.